The Kier molecular flexibility index (Phi) is 3.32. The molecule has 1 heterocycles. The molecule has 3 nitrogen and oxygen atoms in total. The molecule has 0 aliphatic heterocycles. The van der Waals surface area contributed by atoms with Crippen LogP contribution in [0, 0.1) is 12.8 Å². The summed E-state index contributed by atoms with van der Waals surface area (Å²) in [6.07, 6.45) is 6.65. The molecule has 0 radical (unpaired) electrons. The highest BCUT2D eigenvalue weighted by molar-refractivity contribution is 6.30. The summed E-state index contributed by atoms with van der Waals surface area (Å²) < 4.78 is 1.99. The zero-order chi connectivity index (χ0) is 10.8. The van der Waals surface area contributed by atoms with Crippen molar-refractivity contribution in [3.8, 4) is 0 Å². The molecule has 2 rings (SSSR count). The molecule has 84 valence electrons. The normalized spacial score (nSPS) is 26.1. The first-order chi connectivity index (χ1) is 7.24. The summed E-state index contributed by atoms with van der Waals surface area (Å²) in [5.74, 6) is 0.659. The van der Waals surface area contributed by atoms with Crippen LogP contribution < -0.4 is 5.73 Å². The molecule has 0 amide bonds. The fraction of sp³-hybridized carbons (Fsp3) is 0.727. The molecule has 0 aromatic carbocycles. The van der Waals surface area contributed by atoms with E-state index in [9.17, 15) is 0 Å². The Hall–Kier alpha value is -0.540. The van der Waals surface area contributed by atoms with Crippen LogP contribution in [0.5, 0.6) is 0 Å². The Morgan fingerprint density at radius 1 is 1.60 bits per heavy atom. The van der Waals surface area contributed by atoms with Crippen LogP contribution in [0.4, 0.5) is 0 Å². The van der Waals surface area contributed by atoms with Crippen molar-refractivity contribution in [3.63, 3.8) is 0 Å². The largest absolute Gasteiger partial charge is 0.330 e. The predicted molar refractivity (Wildman–Crippen MR) is 62.0 cm³/mol. The van der Waals surface area contributed by atoms with Crippen molar-refractivity contribution in [2.75, 3.05) is 6.54 Å². The monoisotopic (exact) mass is 227 g/mol. The lowest BCUT2D eigenvalue weighted by atomic mass is 10.00. The molecule has 2 N–H and O–H groups in total. The third kappa shape index (κ3) is 2.04. The van der Waals surface area contributed by atoms with Crippen molar-refractivity contribution in [3.05, 3.63) is 16.9 Å². The second kappa shape index (κ2) is 4.54. The van der Waals surface area contributed by atoms with Gasteiger partial charge in [-0.2, -0.15) is 5.10 Å². The summed E-state index contributed by atoms with van der Waals surface area (Å²) in [4.78, 5) is 0. The first kappa shape index (κ1) is 11.0. The van der Waals surface area contributed by atoms with Gasteiger partial charge in [-0.05, 0) is 38.6 Å². The van der Waals surface area contributed by atoms with Crippen molar-refractivity contribution < 1.29 is 0 Å². The van der Waals surface area contributed by atoms with Crippen molar-refractivity contribution in [1.82, 2.24) is 9.78 Å². The Morgan fingerprint density at radius 2 is 2.40 bits per heavy atom. The lowest BCUT2D eigenvalue weighted by molar-refractivity contribution is 0.337. The molecule has 1 aromatic rings. The van der Waals surface area contributed by atoms with E-state index in [4.69, 9.17) is 17.3 Å². The van der Waals surface area contributed by atoms with Gasteiger partial charge in [0, 0.05) is 5.56 Å². The molecule has 1 aliphatic carbocycles. The number of nitrogens with zero attached hydrogens (tertiary/aromatic N) is 2. The number of aromatic nitrogens is 2. The molecular weight excluding hydrogens is 210 g/mol. The SMILES string of the molecule is Cc1cnn(C2CCCC2CCN)c1Cl. The Bertz CT molecular complexity index is 335. The maximum atomic E-state index is 6.22. The average Bonchev–Trinajstić information content (AvgIpc) is 2.77. The van der Waals surface area contributed by atoms with Crippen molar-refractivity contribution in [1.29, 1.82) is 0 Å². The van der Waals surface area contributed by atoms with E-state index >= 15 is 0 Å². The standard InChI is InChI=1S/C11H18ClN3/c1-8-7-14-15(11(8)12)10-4-2-3-9(10)5-6-13/h7,9-10H,2-6,13H2,1H3. The van der Waals surface area contributed by atoms with E-state index in [1.807, 2.05) is 17.8 Å². The van der Waals surface area contributed by atoms with Gasteiger partial charge >= 0.3 is 0 Å². The van der Waals surface area contributed by atoms with Crippen LogP contribution in [0.25, 0.3) is 0 Å². The second-order valence-corrected chi connectivity index (χ2v) is 4.76. The van der Waals surface area contributed by atoms with Gasteiger partial charge in [0.2, 0.25) is 0 Å². The van der Waals surface area contributed by atoms with Crippen molar-refractivity contribution in [2.45, 2.75) is 38.6 Å². The van der Waals surface area contributed by atoms with E-state index in [0.29, 0.717) is 12.0 Å². The minimum atomic E-state index is 0.467. The summed E-state index contributed by atoms with van der Waals surface area (Å²) in [7, 11) is 0. The molecule has 1 fully saturated rings. The van der Waals surface area contributed by atoms with E-state index in [1.165, 1.54) is 19.3 Å². The van der Waals surface area contributed by atoms with Crippen molar-refractivity contribution >= 4 is 11.6 Å². The summed E-state index contributed by atoms with van der Waals surface area (Å²) in [5.41, 5.74) is 6.69. The van der Waals surface area contributed by atoms with Gasteiger partial charge in [-0.3, -0.25) is 4.68 Å². The molecule has 2 atom stereocenters. The number of nitrogens with two attached hydrogens (primary N) is 1. The van der Waals surface area contributed by atoms with Crippen LogP contribution in [0.15, 0.2) is 6.20 Å². The smallest absolute Gasteiger partial charge is 0.130 e. The van der Waals surface area contributed by atoms with Gasteiger partial charge in [0.05, 0.1) is 12.2 Å². The predicted octanol–water partition coefficient (Wildman–Crippen LogP) is 2.53. The summed E-state index contributed by atoms with van der Waals surface area (Å²) in [6.45, 7) is 2.76. The van der Waals surface area contributed by atoms with Gasteiger partial charge in [0.1, 0.15) is 5.15 Å². The van der Waals surface area contributed by atoms with E-state index in [2.05, 4.69) is 5.10 Å². The van der Waals surface area contributed by atoms with E-state index in [0.717, 1.165) is 23.7 Å². The highest BCUT2D eigenvalue weighted by atomic mass is 35.5. The number of aryl methyl sites for hydroxylation is 1. The summed E-state index contributed by atoms with van der Waals surface area (Å²) in [5, 5.41) is 5.17. The second-order valence-electron chi connectivity index (χ2n) is 4.40. The molecular formula is C11H18ClN3. The van der Waals surface area contributed by atoms with Gasteiger partial charge in [-0.15, -0.1) is 0 Å². The average molecular weight is 228 g/mol. The lowest BCUT2D eigenvalue weighted by Gasteiger charge is -2.20. The Balaban J connectivity index is 2.19. The van der Waals surface area contributed by atoms with Gasteiger partial charge < -0.3 is 5.73 Å². The fourth-order valence-electron chi connectivity index (χ4n) is 2.55. The molecule has 0 spiro atoms. The zero-order valence-corrected chi connectivity index (χ0v) is 9.87. The number of hydrogen-bond donors (Lipinski definition) is 1. The van der Waals surface area contributed by atoms with Gasteiger partial charge in [-0.1, -0.05) is 18.0 Å². The van der Waals surface area contributed by atoms with Crippen LogP contribution in [0.1, 0.15) is 37.3 Å². The molecule has 1 aliphatic rings. The van der Waals surface area contributed by atoms with Crippen LogP contribution in [-0.2, 0) is 0 Å². The van der Waals surface area contributed by atoms with Crippen LogP contribution in [0.2, 0.25) is 5.15 Å². The number of rotatable bonds is 3. The lowest BCUT2D eigenvalue weighted by Crippen LogP contribution is -2.18. The number of hydrogen-bond acceptors (Lipinski definition) is 2. The maximum Gasteiger partial charge on any atom is 0.130 e. The quantitative estimate of drug-likeness (QED) is 0.863. The minimum absolute atomic E-state index is 0.467. The number of halogens is 1. The highest BCUT2D eigenvalue weighted by Crippen LogP contribution is 2.39. The van der Waals surface area contributed by atoms with Crippen LogP contribution in [0.3, 0.4) is 0 Å². The Labute approximate surface area is 95.6 Å². The zero-order valence-electron chi connectivity index (χ0n) is 9.12. The third-order valence-corrected chi connectivity index (χ3v) is 3.84. The van der Waals surface area contributed by atoms with E-state index < -0.39 is 0 Å². The maximum absolute atomic E-state index is 6.22. The molecule has 1 saturated carbocycles. The first-order valence-corrected chi connectivity index (χ1v) is 6.01. The molecule has 4 heteroatoms. The van der Waals surface area contributed by atoms with Crippen LogP contribution in [-0.4, -0.2) is 16.3 Å². The fourth-order valence-corrected chi connectivity index (χ4v) is 2.77. The first-order valence-electron chi connectivity index (χ1n) is 5.63. The van der Waals surface area contributed by atoms with E-state index in [1.54, 1.807) is 0 Å². The van der Waals surface area contributed by atoms with Crippen molar-refractivity contribution in [2.24, 2.45) is 11.7 Å². The third-order valence-electron chi connectivity index (χ3n) is 3.37. The van der Waals surface area contributed by atoms with Crippen LogP contribution >= 0.6 is 11.6 Å². The summed E-state index contributed by atoms with van der Waals surface area (Å²) in [6, 6.07) is 0.467. The van der Waals surface area contributed by atoms with Gasteiger partial charge in [0.15, 0.2) is 0 Å². The van der Waals surface area contributed by atoms with Gasteiger partial charge in [0.25, 0.3) is 0 Å². The molecule has 15 heavy (non-hydrogen) atoms. The topological polar surface area (TPSA) is 43.8 Å². The molecule has 0 bridgehead atoms. The van der Waals surface area contributed by atoms with Gasteiger partial charge in [-0.25, -0.2) is 0 Å². The summed E-state index contributed by atoms with van der Waals surface area (Å²) >= 11 is 6.22. The molecule has 0 saturated heterocycles. The molecule has 2 unspecified atom stereocenters. The minimum Gasteiger partial charge on any atom is -0.330 e. The molecule has 1 aromatic heterocycles. The Morgan fingerprint density at radius 3 is 3.00 bits per heavy atom. The highest BCUT2D eigenvalue weighted by Gasteiger charge is 2.29. The van der Waals surface area contributed by atoms with E-state index in [-0.39, 0.29) is 0 Å².